The highest BCUT2D eigenvalue weighted by Gasteiger charge is 2.36. The predicted octanol–water partition coefficient (Wildman–Crippen LogP) is 5.92. The van der Waals surface area contributed by atoms with Crippen LogP contribution < -0.4 is 5.01 Å². The van der Waals surface area contributed by atoms with Gasteiger partial charge in [-0.3, -0.25) is 9.47 Å². The molecule has 3 heterocycles. The van der Waals surface area contributed by atoms with Crippen molar-refractivity contribution in [2.75, 3.05) is 5.01 Å². The van der Waals surface area contributed by atoms with E-state index in [1.54, 1.807) is 4.68 Å². The molecule has 0 atom stereocenters. The third kappa shape index (κ3) is 3.59. The minimum Gasteiger partial charge on any atom is -0.457 e. The summed E-state index contributed by atoms with van der Waals surface area (Å²) in [5, 5.41) is 1.40. The summed E-state index contributed by atoms with van der Waals surface area (Å²) in [6.45, 7) is 3.73. The topological polar surface area (TPSA) is 38.4 Å². The smallest absolute Gasteiger partial charge is 0.417 e. The quantitative estimate of drug-likeness (QED) is 0.368. The summed E-state index contributed by atoms with van der Waals surface area (Å²) in [5.41, 5.74) is 0.870. The molecule has 30 heavy (non-hydrogen) atoms. The standard InChI is InChI=1S/C21H15F3N2O2S2/c1-12-7-8-13(2)25(12)26-19(27)18(30-20(26)29)11-14-9-10-17(28-14)15-5-3-4-6-16(15)21(22,23)24/h3-11H,1-2H3/b18-11+. The molecule has 1 saturated heterocycles. The van der Waals surface area contributed by atoms with Gasteiger partial charge >= 0.3 is 6.18 Å². The Morgan fingerprint density at radius 3 is 2.37 bits per heavy atom. The molecule has 1 amide bonds. The maximum absolute atomic E-state index is 13.3. The van der Waals surface area contributed by atoms with Crippen LogP contribution in [-0.4, -0.2) is 14.9 Å². The van der Waals surface area contributed by atoms with E-state index < -0.39 is 11.7 Å². The number of hydrogen-bond acceptors (Lipinski definition) is 4. The van der Waals surface area contributed by atoms with Gasteiger partial charge in [0.15, 0.2) is 4.32 Å². The molecule has 3 aromatic rings. The van der Waals surface area contributed by atoms with Gasteiger partial charge in [-0.25, -0.2) is 0 Å². The number of hydrogen-bond donors (Lipinski definition) is 0. The van der Waals surface area contributed by atoms with Crippen molar-refractivity contribution in [1.29, 1.82) is 0 Å². The van der Waals surface area contributed by atoms with Gasteiger partial charge in [-0.2, -0.15) is 18.2 Å². The number of furan rings is 1. The summed E-state index contributed by atoms with van der Waals surface area (Å²) in [4.78, 5) is 13.3. The van der Waals surface area contributed by atoms with Crippen LogP contribution in [0.2, 0.25) is 0 Å². The predicted molar refractivity (Wildman–Crippen MR) is 114 cm³/mol. The Morgan fingerprint density at radius 1 is 1.03 bits per heavy atom. The summed E-state index contributed by atoms with van der Waals surface area (Å²) >= 11 is 6.48. The lowest BCUT2D eigenvalue weighted by molar-refractivity contribution is -0.137. The van der Waals surface area contributed by atoms with Gasteiger partial charge in [-0.15, -0.1) is 0 Å². The molecule has 0 bridgehead atoms. The van der Waals surface area contributed by atoms with Crippen LogP contribution in [0.15, 0.2) is 57.9 Å². The molecule has 0 spiro atoms. The van der Waals surface area contributed by atoms with E-state index in [2.05, 4.69) is 0 Å². The summed E-state index contributed by atoms with van der Waals surface area (Å²) in [5.74, 6) is 0.0196. The number of rotatable bonds is 3. The number of aromatic nitrogens is 1. The number of benzene rings is 1. The van der Waals surface area contributed by atoms with Crippen molar-refractivity contribution in [2.24, 2.45) is 0 Å². The Hall–Kier alpha value is -2.78. The van der Waals surface area contributed by atoms with Crippen molar-refractivity contribution < 1.29 is 22.4 Å². The summed E-state index contributed by atoms with van der Waals surface area (Å²) in [6.07, 6.45) is -3.01. The fraction of sp³-hybridized carbons (Fsp3) is 0.143. The molecule has 1 aliphatic heterocycles. The Morgan fingerprint density at radius 2 is 1.70 bits per heavy atom. The van der Waals surface area contributed by atoms with Gasteiger partial charge in [0.2, 0.25) is 0 Å². The molecule has 1 aromatic carbocycles. The van der Waals surface area contributed by atoms with Gasteiger partial charge in [0.25, 0.3) is 5.91 Å². The Bertz CT molecular complexity index is 1170. The third-order valence-electron chi connectivity index (χ3n) is 4.61. The molecule has 9 heteroatoms. The van der Waals surface area contributed by atoms with Gasteiger partial charge < -0.3 is 4.42 Å². The Kier molecular flexibility index (Phi) is 5.11. The van der Waals surface area contributed by atoms with Crippen molar-refractivity contribution >= 4 is 40.3 Å². The molecule has 0 unspecified atom stereocenters. The van der Waals surface area contributed by atoms with Crippen molar-refractivity contribution in [2.45, 2.75) is 20.0 Å². The number of halogens is 3. The van der Waals surface area contributed by atoms with E-state index in [1.165, 1.54) is 41.4 Å². The van der Waals surface area contributed by atoms with Crippen molar-refractivity contribution in [3.63, 3.8) is 0 Å². The molecular weight excluding hydrogens is 433 g/mol. The first-order chi connectivity index (χ1) is 14.2. The average molecular weight is 448 g/mol. The number of alkyl halides is 3. The van der Waals surface area contributed by atoms with Crippen LogP contribution in [0.4, 0.5) is 13.2 Å². The molecule has 1 aliphatic rings. The van der Waals surface area contributed by atoms with Gasteiger partial charge in [-0.05, 0) is 56.4 Å². The lowest BCUT2D eigenvalue weighted by Gasteiger charge is -2.20. The molecule has 154 valence electrons. The monoisotopic (exact) mass is 448 g/mol. The van der Waals surface area contributed by atoms with Crippen molar-refractivity contribution in [3.05, 3.63) is 76.1 Å². The minimum atomic E-state index is -4.50. The lowest BCUT2D eigenvalue weighted by atomic mass is 10.1. The zero-order valence-electron chi connectivity index (χ0n) is 15.9. The van der Waals surface area contributed by atoms with E-state index in [1.807, 2.05) is 26.0 Å². The zero-order valence-corrected chi connectivity index (χ0v) is 17.5. The van der Waals surface area contributed by atoms with E-state index in [0.717, 1.165) is 29.2 Å². The highest BCUT2D eigenvalue weighted by Crippen LogP contribution is 2.38. The molecule has 2 aromatic heterocycles. The molecule has 0 N–H and O–H groups in total. The van der Waals surface area contributed by atoms with Crippen molar-refractivity contribution in [3.8, 4) is 11.3 Å². The van der Waals surface area contributed by atoms with Crippen LogP contribution in [-0.2, 0) is 11.0 Å². The van der Waals surface area contributed by atoms with E-state index in [-0.39, 0.29) is 23.0 Å². The van der Waals surface area contributed by atoms with E-state index in [4.69, 9.17) is 16.6 Å². The number of thiocarbonyl (C=S) groups is 1. The SMILES string of the molecule is Cc1ccc(C)n1N1C(=O)/C(=C\c2ccc(-c3ccccc3C(F)(F)F)o2)SC1=S. The Balaban J connectivity index is 1.66. The molecule has 0 saturated carbocycles. The second-order valence-electron chi connectivity index (χ2n) is 6.67. The van der Waals surface area contributed by atoms with Gasteiger partial charge in [-0.1, -0.05) is 30.0 Å². The number of thioether (sulfide) groups is 1. The highest BCUT2D eigenvalue weighted by atomic mass is 32.2. The van der Waals surface area contributed by atoms with Crippen LogP contribution in [0.25, 0.3) is 17.4 Å². The van der Waals surface area contributed by atoms with Crippen LogP contribution >= 0.6 is 24.0 Å². The molecular formula is C21H15F3N2O2S2. The third-order valence-corrected chi connectivity index (χ3v) is 5.89. The largest absolute Gasteiger partial charge is 0.457 e. The number of amides is 1. The molecule has 4 nitrogen and oxygen atoms in total. The van der Waals surface area contributed by atoms with Gasteiger partial charge in [0.1, 0.15) is 11.5 Å². The van der Waals surface area contributed by atoms with Crippen LogP contribution in [0.5, 0.6) is 0 Å². The fourth-order valence-electron chi connectivity index (χ4n) is 3.26. The van der Waals surface area contributed by atoms with Crippen molar-refractivity contribution in [1.82, 2.24) is 4.68 Å². The number of aryl methyl sites for hydroxylation is 2. The summed E-state index contributed by atoms with van der Waals surface area (Å²) in [7, 11) is 0. The average Bonchev–Trinajstić information content (AvgIpc) is 3.35. The van der Waals surface area contributed by atoms with Crippen LogP contribution in [0, 0.1) is 13.8 Å². The second-order valence-corrected chi connectivity index (χ2v) is 8.34. The van der Waals surface area contributed by atoms with Gasteiger partial charge in [0.05, 0.1) is 10.5 Å². The van der Waals surface area contributed by atoms with E-state index >= 15 is 0 Å². The van der Waals surface area contributed by atoms with E-state index in [0.29, 0.717) is 9.23 Å². The first-order valence-electron chi connectivity index (χ1n) is 8.86. The second kappa shape index (κ2) is 7.48. The van der Waals surface area contributed by atoms with E-state index in [9.17, 15) is 18.0 Å². The maximum atomic E-state index is 13.3. The Labute approximate surface area is 179 Å². The van der Waals surface area contributed by atoms with Gasteiger partial charge in [0, 0.05) is 23.0 Å². The minimum absolute atomic E-state index is 0.0595. The highest BCUT2D eigenvalue weighted by molar-refractivity contribution is 8.27. The summed E-state index contributed by atoms with van der Waals surface area (Å²) < 4.78 is 47.6. The number of nitrogens with zero attached hydrogens (tertiary/aromatic N) is 2. The molecule has 0 radical (unpaired) electrons. The van der Waals surface area contributed by atoms with Crippen LogP contribution in [0.1, 0.15) is 22.7 Å². The summed E-state index contributed by atoms with van der Waals surface area (Å²) in [6, 6.07) is 11.9. The first-order valence-corrected chi connectivity index (χ1v) is 10.1. The molecule has 4 rings (SSSR count). The maximum Gasteiger partial charge on any atom is 0.417 e. The van der Waals surface area contributed by atoms with Crippen LogP contribution in [0.3, 0.4) is 0 Å². The molecule has 1 fully saturated rings. The zero-order chi connectivity index (χ0) is 21.6. The lowest BCUT2D eigenvalue weighted by Crippen LogP contribution is -2.39. The normalized spacial score (nSPS) is 16.2. The first kappa shape index (κ1) is 20.5. The fourth-order valence-corrected chi connectivity index (χ4v) is 4.48. The number of carbonyl (C=O) groups excluding carboxylic acids is 1. The molecule has 0 aliphatic carbocycles. The number of carbonyl (C=O) groups is 1.